The summed E-state index contributed by atoms with van der Waals surface area (Å²) < 4.78 is 0. The van der Waals surface area contributed by atoms with Gasteiger partial charge in [-0.1, -0.05) is 66.2 Å². The lowest BCUT2D eigenvalue weighted by atomic mass is 9.43. The fraction of sp³-hybridized carbons (Fsp3) is 1.00. The molecule has 0 saturated heterocycles. The summed E-state index contributed by atoms with van der Waals surface area (Å²) >= 11 is 0. The number of nitrogens with two attached hydrogens (primary N) is 2. The Morgan fingerprint density at radius 3 is 1.79 bits per heavy atom. The maximum atomic E-state index is 7.17. The molecule has 3 rings (SSSR count). The Morgan fingerprint density at radius 2 is 1.25 bits per heavy atom. The number of rotatable bonds is 2. The molecule has 0 amide bonds. The Bertz CT molecular complexity index is 443. The lowest BCUT2D eigenvalue weighted by molar-refractivity contribution is -0.140. The largest absolute Gasteiger partial charge is 0.313 e. The summed E-state index contributed by atoms with van der Waals surface area (Å²) in [6.45, 7) is 9.94. The molecule has 0 spiro atoms. The van der Waals surface area contributed by atoms with Gasteiger partial charge in [0.1, 0.15) is 0 Å². The number of hydrogen-bond acceptors (Lipinski definition) is 2. The molecule has 3 aliphatic rings. The summed E-state index contributed by atoms with van der Waals surface area (Å²) in [7, 11) is 0. The van der Waals surface area contributed by atoms with Gasteiger partial charge in [-0.25, -0.2) is 0 Å². The standard InChI is InChI=1S/C22H42N2/c1-17-15-18(19(2)11-7-5-8-12-19)22(23,24)21(4,16-17)20(3)13-9-6-10-14-20/h17-18H,5-16,23-24H2,1-4H3. The third-order valence-electron chi connectivity index (χ3n) is 9.05. The highest BCUT2D eigenvalue weighted by molar-refractivity contribution is 5.14. The van der Waals surface area contributed by atoms with Crippen LogP contribution >= 0.6 is 0 Å². The minimum Gasteiger partial charge on any atom is -0.313 e. The van der Waals surface area contributed by atoms with Gasteiger partial charge in [0.25, 0.3) is 0 Å². The van der Waals surface area contributed by atoms with E-state index in [1.54, 1.807) is 0 Å². The molecule has 140 valence electrons. The molecule has 24 heavy (non-hydrogen) atoms. The monoisotopic (exact) mass is 334 g/mol. The maximum Gasteiger partial charge on any atom is 0.0731 e. The second-order valence-electron chi connectivity index (χ2n) is 10.7. The topological polar surface area (TPSA) is 52.0 Å². The first kappa shape index (κ1) is 18.7. The van der Waals surface area contributed by atoms with E-state index in [9.17, 15) is 0 Å². The van der Waals surface area contributed by atoms with Gasteiger partial charge in [-0.05, 0) is 61.2 Å². The minimum atomic E-state index is -0.530. The predicted octanol–water partition coefficient (Wildman–Crippen LogP) is 5.59. The third-order valence-corrected chi connectivity index (χ3v) is 9.05. The molecule has 0 bridgehead atoms. The third kappa shape index (κ3) is 2.76. The van der Waals surface area contributed by atoms with Crippen molar-refractivity contribution >= 4 is 0 Å². The minimum absolute atomic E-state index is 0.0587. The molecule has 0 radical (unpaired) electrons. The zero-order chi connectivity index (χ0) is 17.6. The number of hydrogen-bond donors (Lipinski definition) is 2. The van der Waals surface area contributed by atoms with E-state index in [4.69, 9.17) is 11.5 Å². The van der Waals surface area contributed by atoms with Crippen molar-refractivity contribution in [2.45, 2.75) is 110 Å². The molecule has 4 N–H and O–H groups in total. The molecule has 0 aromatic heterocycles. The average Bonchev–Trinajstić information content (AvgIpc) is 2.52. The SMILES string of the molecule is CC1CC(C2(C)CCCCC2)C(N)(N)C(C)(C2(C)CCCCC2)C1. The zero-order valence-electron chi connectivity index (χ0n) is 16.8. The Labute approximate surface area is 150 Å². The lowest BCUT2D eigenvalue weighted by Gasteiger charge is -2.65. The van der Waals surface area contributed by atoms with E-state index in [2.05, 4.69) is 27.7 Å². The van der Waals surface area contributed by atoms with Crippen LogP contribution in [-0.4, -0.2) is 5.66 Å². The highest BCUT2D eigenvalue weighted by Crippen LogP contribution is 2.64. The van der Waals surface area contributed by atoms with E-state index in [0.29, 0.717) is 16.7 Å². The van der Waals surface area contributed by atoms with E-state index in [1.807, 2.05) is 0 Å². The van der Waals surface area contributed by atoms with Gasteiger partial charge in [-0.15, -0.1) is 0 Å². The summed E-state index contributed by atoms with van der Waals surface area (Å²) in [4.78, 5) is 0. The van der Waals surface area contributed by atoms with E-state index >= 15 is 0 Å². The highest BCUT2D eigenvalue weighted by atomic mass is 15.0. The van der Waals surface area contributed by atoms with Crippen molar-refractivity contribution in [3.8, 4) is 0 Å². The van der Waals surface area contributed by atoms with Crippen LogP contribution in [-0.2, 0) is 0 Å². The Morgan fingerprint density at radius 1 is 0.750 bits per heavy atom. The van der Waals surface area contributed by atoms with Gasteiger partial charge in [0.05, 0.1) is 5.66 Å². The second-order valence-corrected chi connectivity index (χ2v) is 10.7. The predicted molar refractivity (Wildman–Crippen MR) is 103 cm³/mol. The zero-order valence-corrected chi connectivity index (χ0v) is 16.8. The van der Waals surface area contributed by atoms with Crippen LogP contribution in [0.4, 0.5) is 0 Å². The first-order chi connectivity index (χ1) is 11.1. The van der Waals surface area contributed by atoms with E-state index in [1.165, 1.54) is 77.0 Å². The quantitative estimate of drug-likeness (QED) is 0.646. The van der Waals surface area contributed by atoms with Gasteiger partial charge < -0.3 is 11.5 Å². The summed E-state index contributed by atoms with van der Waals surface area (Å²) in [5, 5.41) is 0. The van der Waals surface area contributed by atoms with Crippen LogP contribution in [0.1, 0.15) is 105 Å². The molecular weight excluding hydrogens is 292 g/mol. The molecule has 3 fully saturated rings. The second kappa shape index (κ2) is 6.27. The van der Waals surface area contributed by atoms with Crippen molar-refractivity contribution < 1.29 is 0 Å². The fourth-order valence-electron chi connectivity index (χ4n) is 7.16. The van der Waals surface area contributed by atoms with Crippen LogP contribution in [0.5, 0.6) is 0 Å². The van der Waals surface area contributed by atoms with E-state index in [-0.39, 0.29) is 5.41 Å². The summed E-state index contributed by atoms with van der Waals surface area (Å²) in [6, 6.07) is 0. The molecule has 3 aliphatic carbocycles. The summed E-state index contributed by atoms with van der Waals surface area (Å²) in [6.07, 6.45) is 16.0. The van der Waals surface area contributed by atoms with Crippen LogP contribution in [0.3, 0.4) is 0 Å². The van der Waals surface area contributed by atoms with Crippen molar-refractivity contribution in [2.75, 3.05) is 0 Å². The molecule has 2 nitrogen and oxygen atoms in total. The smallest absolute Gasteiger partial charge is 0.0731 e. The maximum absolute atomic E-state index is 7.17. The lowest BCUT2D eigenvalue weighted by Crippen LogP contribution is -2.75. The molecule has 0 aromatic rings. The normalized spacial score (nSPS) is 41.8. The molecule has 0 aliphatic heterocycles. The van der Waals surface area contributed by atoms with Gasteiger partial charge >= 0.3 is 0 Å². The molecule has 3 unspecified atom stereocenters. The average molecular weight is 335 g/mol. The molecular formula is C22H42N2. The van der Waals surface area contributed by atoms with Crippen LogP contribution in [0.25, 0.3) is 0 Å². The van der Waals surface area contributed by atoms with Crippen molar-refractivity contribution in [1.29, 1.82) is 0 Å². The van der Waals surface area contributed by atoms with Crippen LogP contribution < -0.4 is 11.5 Å². The van der Waals surface area contributed by atoms with Gasteiger partial charge in [-0.2, -0.15) is 0 Å². The molecule has 3 atom stereocenters. The first-order valence-corrected chi connectivity index (χ1v) is 10.7. The van der Waals surface area contributed by atoms with Gasteiger partial charge in [0.2, 0.25) is 0 Å². The summed E-state index contributed by atoms with van der Waals surface area (Å²) in [5.74, 6) is 1.22. The van der Waals surface area contributed by atoms with Crippen molar-refractivity contribution in [1.82, 2.24) is 0 Å². The van der Waals surface area contributed by atoms with Crippen molar-refractivity contribution in [3.05, 3.63) is 0 Å². The van der Waals surface area contributed by atoms with Crippen LogP contribution in [0.2, 0.25) is 0 Å². The molecule has 0 heterocycles. The molecule has 2 heteroatoms. The highest BCUT2D eigenvalue weighted by Gasteiger charge is 2.62. The fourth-order valence-corrected chi connectivity index (χ4v) is 7.16. The molecule has 0 aromatic carbocycles. The van der Waals surface area contributed by atoms with E-state index < -0.39 is 5.66 Å². The van der Waals surface area contributed by atoms with Crippen molar-refractivity contribution in [2.24, 2.45) is 39.5 Å². The van der Waals surface area contributed by atoms with Gasteiger partial charge in [0, 0.05) is 5.41 Å². The van der Waals surface area contributed by atoms with E-state index in [0.717, 1.165) is 5.92 Å². The summed E-state index contributed by atoms with van der Waals surface area (Å²) in [5.41, 5.74) is 14.5. The van der Waals surface area contributed by atoms with Gasteiger partial charge in [0.15, 0.2) is 0 Å². The van der Waals surface area contributed by atoms with Crippen LogP contribution in [0.15, 0.2) is 0 Å². The Kier molecular flexibility index (Phi) is 4.88. The van der Waals surface area contributed by atoms with Crippen molar-refractivity contribution in [3.63, 3.8) is 0 Å². The van der Waals surface area contributed by atoms with Crippen LogP contribution in [0, 0.1) is 28.1 Å². The molecule has 3 saturated carbocycles. The Balaban J connectivity index is 1.97. The Hall–Kier alpha value is -0.0800. The van der Waals surface area contributed by atoms with Gasteiger partial charge in [-0.3, -0.25) is 0 Å². The first-order valence-electron chi connectivity index (χ1n) is 10.7.